The van der Waals surface area contributed by atoms with E-state index in [1.54, 1.807) is 0 Å². The second-order valence-corrected chi connectivity index (χ2v) is 6.51. The molecule has 16 heavy (non-hydrogen) atoms. The highest BCUT2D eigenvalue weighted by Gasteiger charge is 2.29. The van der Waals surface area contributed by atoms with Crippen LogP contribution in [0.3, 0.4) is 0 Å². The van der Waals surface area contributed by atoms with Gasteiger partial charge in [0.1, 0.15) is 0 Å². The van der Waals surface area contributed by atoms with Gasteiger partial charge < -0.3 is 5.73 Å². The molecule has 96 valence electrons. The third-order valence-electron chi connectivity index (χ3n) is 4.38. The number of hydrogen-bond donors (Lipinski definition) is 1. The van der Waals surface area contributed by atoms with Crippen molar-refractivity contribution < 1.29 is 0 Å². The summed E-state index contributed by atoms with van der Waals surface area (Å²) in [6.07, 6.45) is 12.2. The second kappa shape index (κ2) is 6.64. The summed E-state index contributed by atoms with van der Waals surface area (Å²) in [5.74, 6) is 0.814. The van der Waals surface area contributed by atoms with Crippen LogP contribution in [0.4, 0.5) is 0 Å². The van der Waals surface area contributed by atoms with Crippen molar-refractivity contribution in [2.75, 3.05) is 0 Å². The predicted molar refractivity (Wildman–Crippen MR) is 72.5 cm³/mol. The number of hydrogen-bond acceptors (Lipinski definition) is 1. The summed E-state index contributed by atoms with van der Waals surface area (Å²) in [6.45, 7) is 7.06. The van der Waals surface area contributed by atoms with Gasteiger partial charge in [-0.3, -0.25) is 0 Å². The van der Waals surface area contributed by atoms with Crippen molar-refractivity contribution in [3.63, 3.8) is 0 Å². The SMILES string of the molecule is CCCCCCC(N)C1CCC(C)(C)CC1. The molecule has 0 aromatic rings. The summed E-state index contributed by atoms with van der Waals surface area (Å²) in [7, 11) is 0. The molecule has 0 aromatic carbocycles. The molecule has 1 aliphatic rings. The van der Waals surface area contributed by atoms with Crippen LogP contribution in [0, 0.1) is 11.3 Å². The van der Waals surface area contributed by atoms with Gasteiger partial charge in [-0.1, -0.05) is 46.5 Å². The minimum atomic E-state index is 0.480. The van der Waals surface area contributed by atoms with Crippen LogP contribution in [0.1, 0.15) is 78.6 Å². The van der Waals surface area contributed by atoms with Crippen molar-refractivity contribution in [1.82, 2.24) is 0 Å². The van der Waals surface area contributed by atoms with Crippen molar-refractivity contribution >= 4 is 0 Å². The van der Waals surface area contributed by atoms with Gasteiger partial charge >= 0.3 is 0 Å². The minimum absolute atomic E-state index is 0.480. The molecule has 1 unspecified atom stereocenters. The normalized spacial score (nSPS) is 23.2. The topological polar surface area (TPSA) is 26.0 Å². The molecular weight excluding hydrogens is 194 g/mol. The van der Waals surface area contributed by atoms with E-state index < -0.39 is 0 Å². The smallest absolute Gasteiger partial charge is 0.00671 e. The highest BCUT2D eigenvalue weighted by atomic mass is 14.7. The maximum absolute atomic E-state index is 6.32. The molecule has 0 radical (unpaired) electrons. The molecule has 1 fully saturated rings. The summed E-state index contributed by atoms with van der Waals surface area (Å²) in [4.78, 5) is 0. The van der Waals surface area contributed by atoms with Gasteiger partial charge in [0, 0.05) is 6.04 Å². The Morgan fingerprint density at radius 2 is 1.75 bits per heavy atom. The fourth-order valence-electron chi connectivity index (χ4n) is 2.89. The van der Waals surface area contributed by atoms with Crippen molar-refractivity contribution in [1.29, 1.82) is 0 Å². The van der Waals surface area contributed by atoms with E-state index in [4.69, 9.17) is 5.73 Å². The van der Waals surface area contributed by atoms with Gasteiger partial charge in [0.15, 0.2) is 0 Å². The maximum Gasteiger partial charge on any atom is 0.00671 e. The van der Waals surface area contributed by atoms with Gasteiger partial charge in [0.2, 0.25) is 0 Å². The summed E-state index contributed by atoms with van der Waals surface area (Å²) in [5.41, 5.74) is 6.90. The van der Waals surface area contributed by atoms with E-state index in [2.05, 4.69) is 20.8 Å². The highest BCUT2D eigenvalue weighted by molar-refractivity contribution is 4.83. The fourth-order valence-corrected chi connectivity index (χ4v) is 2.89. The Hall–Kier alpha value is -0.0400. The van der Waals surface area contributed by atoms with Crippen molar-refractivity contribution in [2.45, 2.75) is 84.6 Å². The first kappa shape index (κ1) is 14.0. The first-order valence-electron chi connectivity index (χ1n) is 7.31. The van der Waals surface area contributed by atoms with Gasteiger partial charge in [-0.05, 0) is 43.4 Å². The van der Waals surface area contributed by atoms with Crippen LogP contribution in [0.2, 0.25) is 0 Å². The monoisotopic (exact) mass is 225 g/mol. The van der Waals surface area contributed by atoms with Crippen LogP contribution >= 0.6 is 0 Å². The summed E-state index contributed by atoms with van der Waals surface area (Å²) in [5, 5.41) is 0. The van der Waals surface area contributed by atoms with Gasteiger partial charge in [-0.2, -0.15) is 0 Å². The molecule has 0 aliphatic heterocycles. The third-order valence-corrected chi connectivity index (χ3v) is 4.38. The number of rotatable bonds is 6. The molecule has 0 heterocycles. The molecule has 2 N–H and O–H groups in total. The van der Waals surface area contributed by atoms with Crippen LogP contribution in [0.5, 0.6) is 0 Å². The van der Waals surface area contributed by atoms with Crippen molar-refractivity contribution in [3.8, 4) is 0 Å². The molecule has 1 rings (SSSR count). The Kier molecular flexibility index (Phi) is 5.82. The zero-order valence-corrected chi connectivity index (χ0v) is 11.6. The summed E-state index contributed by atoms with van der Waals surface area (Å²) in [6, 6.07) is 0.480. The lowest BCUT2D eigenvalue weighted by Gasteiger charge is -2.36. The first-order valence-corrected chi connectivity index (χ1v) is 7.31. The highest BCUT2D eigenvalue weighted by Crippen LogP contribution is 2.39. The van der Waals surface area contributed by atoms with E-state index in [0.717, 1.165) is 5.92 Å². The van der Waals surface area contributed by atoms with E-state index in [1.807, 2.05) is 0 Å². The number of unbranched alkanes of at least 4 members (excludes halogenated alkanes) is 3. The Bertz CT molecular complexity index is 176. The average molecular weight is 225 g/mol. The molecule has 0 saturated heterocycles. The first-order chi connectivity index (χ1) is 7.55. The van der Waals surface area contributed by atoms with Crippen LogP contribution < -0.4 is 5.73 Å². The second-order valence-electron chi connectivity index (χ2n) is 6.51. The lowest BCUT2D eigenvalue weighted by Crippen LogP contribution is -2.34. The summed E-state index contributed by atoms with van der Waals surface area (Å²) < 4.78 is 0. The average Bonchev–Trinajstić information content (AvgIpc) is 2.24. The van der Waals surface area contributed by atoms with E-state index in [1.165, 1.54) is 57.8 Å². The maximum atomic E-state index is 6.32. The van der Waals surface area contributed by atoms with Crippen molar-refractivity contribution in [3.05, 3.63) is 0 Å². The number of nitrogens with two attached hydrogens (primary N) is 1. The molecule has 1 nitrogen and oxygen atoms in total. The molecule has 0 aromatic heterocycles. The van der Waals surface area contributed by atoms with Gasteiger partial charge in [0.05, 0.1) is 0 Å². The third kappa shape index (κ3) is 4.86. The van der Waals surface area contributed by atoms with Gasteiger partial charge in [-0.25, -0.2) is 0 Å². The van der Waals surface area contributed by atoms with E-state index >= 15 is 0 Å². The molecule has 0 bridgehead atoms. The standard InChI is InChI=1S/C15H31N/c1-4-5-6-7-8-14(16)13-9-11-15(2,3)12-10-13/h13-14H,4-12,16H2,1-3H3. The Morgan fingerprint density at radius 1 is 1.12 bits per heavy atom. The van der Waals surface area contributed by atoms with Crippen LogP contribution in [0.15, 0.2) is 0 Å². The quantitative estimate of drug-likeness (QED) is 0.662. The molecule has 1 aliphatic carbocycles. The van der Waals surface area contributed by atoms with E-state index in [9.17, 15) is 0 Å². The molecule has 1 heteroatoms. The lowest BCUT2D eigenvalue weighted by molar-refractivity contribution is 0.169. The Balaban J connectivity index is 2.15. The Labute approximate surface area is 102 Å². The molecule has 0 amide bonds. The van der Waals surface area contributed by atoms with Crippen molar-refractivity contribution in [2.24, 2.45) is 17.1 Å². The summed E-state index contributed by atoms with van der Waals surface area (Å²) >= 11 is 0. The molecule has 0 spiro atoms. The molecular formula is C15H31N. The van der Waals surface area contributed by atoms with Crippen LogP contribution in [-0.2, 0) is 0 Å². The fraction of sp³-hybridized carbons (Fsp3) is 1.00. The van der Waals surface area contributed by atoms with Gasteiger partial charge in [0.25, 0.3) is 0 Å². The largest absolute Gasteiger partial charge is 0.327 e. The minimum Gasteiger partial charge on any atom is -0.327 e. The zero-order chi connectivity index (χ0) is 12.0. The molecule has 1 atom stereocenters. The Morgan fingerprint density at radius 3 is 2.31 bits per heavy atom. The van der Waals surface area contributed by atoms with Crippen LogP contribution in [-0.4, -0.2) is 6.04 Å². The lowest BCUT2D eigenvalue weighted by atomic mass is 9.70. The van der Waals surface area contributed by atoms with Crippen LogP contribution in [0.25, 0.3) is 0 Å². The van der Waals surface area contributed by atoms with Gasteiger partial charge in [-0.15, -0.1) is 0 Å². The molecule has 1 saturated carbocycles. The predicted octanol–water partition coefficient (Wildman–Crippen LogP) is 4.50. The van der Waals surface area contributed by atoms with E-state index in [0.29, 0.717) is 11.5 Å². The van der Waals surface area contributed by atoms with E-state index in [-0.39, 0.29) is 0 Å². The zero-order valence-electron chi connectivity index (χ0n) is 11.6.